The van der Waals surface area contributed by atoms with Gasteiger partial charge >= 0.3 is 0 Å². The average Bonchev–Trinajstić information content (AvgIpc) is 2.69. The van der Waals surface area contributed by atoms with Gasteiger partial charge in [0.25, 0.3) is 0 Å². The molecule has 1 atom stereocenters. The van der Waals surface area contributed by atoms with Crippen LogP contribution in [0.2, 0.25) is 0 Å². The third-order valence-electron chi connectivity index (χ3n) is 4.68. The molecule has 0 aliphatic carbocycles. The number of amides is 2. The van der Waals surface area contributed by atoms with Crippen molar-refractivity contribution >= 4 is 34.0 Å². The van der Waals surface area contributed by atoms with Crippen LogP contribution in [0.25, 0.3) is 0 Å². The van der Waals surface area contributed by atoms with Crippen LogP contribution in [-0.2, 0) is 20.4 Å². The van der Waals surface area contributed by atoms with Gasteiger partial charge in [0, 0.05) is 10.8 Å². The highest BCUT2D eigenvalue weighted by Crippen LogP contribution is 2.36. The number of anilines is 2. The van der Waals surface area contributed by atoms with Crippen molar-refractivity contribution < 1.29 is 23.3 Å². The van der Waals surface area contributed by atoms with Gasteiger partial charge in [0.15, 0.2) is 0 Å². The van der Waals surface area contributed by atoms with E-state index in [-0.39, 0.29) is 29.9 Å². The van der Waals surface area contributed by atoms with E-state index in [2.05, 4.69) is 5.32 Å². The van der Waals surface area contributed by atoms with Gasteiger partial charge in [-0.2, -0.15) is 0 Å². The fraction of sp³-hybridized carbons (Fsp3) is 0.333. The van der Waals surface area contributed by atoms with Gasteiger partial charge in [0.2, 0.25) is 11.8 Å². The minimum atomic E-state index is -1.43. The Morgan fingerprint density at radius 3 is 2.45 bits per heavy atom. The maximum absolute atomic E-state index is 12.9. The molecule has 154 valence electrons. The summed E-state index contributed by atoms with van der Waals surface area (Å²) >= 11 is 0. The van der Waals surface area contributed by atoms with Gasteiger partial charge in [-0.3, -0.25) is 18.7 Å². The van der Waals surface area contributed by atoms with Crippen LogP contribution in [-0.4, -0.2) is 46.8 Å². The van der Waals surface area contributed by atoms with Gasteiger partial charge in [0.1, 0.15) is 22.8 Å². The topological polar surface area (TPSA) is 84.9 Å². The van der Waals surface area contributed by atoms with Gasteiger partial charge in [-0.1, -0.05) is 12.1 Å². The molecule has 0 spiro atoms. The molecule has 0 aromatic heterocycles. The molecule has 0 saturated heterocycles. The fourth-order valence-electron chi connectivity index (χ4n) is 3.10. The van der Waals surface area contributed by atoms with Crippen LogP contribution in [0.4, 0.5) is 11.4 Å². The minimum absolute atomic E-state index is 0.184. The molecule has 29 heavy (non-hydrogen) atoms. The normalized spacial score (nSPS) is 15.8. The predicted octanol–water partition coefficient (Wildman–Crippen LogP) is 2.59. The molecule has 0 bridgehead atoms. The van der Waals surface area contributed by atoms with Crippen LogP contribution in [0, 0.1) is 0 Å². The Labute approximate surface area is 172 Å². The number of benzene rings is 2. The van der Waals surface area contributed by atoms with Gasteiger partial charge in [-0.15, -0.1) is 0 Å². The number of carbonyl (C=O) groups excluding carboxylic acids is 2. The number of ether oxygens (including phenoxy) is 2. The molecule has 1 aliphatic heterocycles. The quantitative estimate of drug-likeness (QED) is 0.750. The van der Waals surface area contributed by atoms with Gasteiger partial charge < -0.3 is 14.8 Å². The Bertz CT molecular complexity index is 927. The maximum atomic E-state index is 12.9. The molecule has 7 nitrogen and oxygen atoms in total. The van der Waals surface area contributed by atoms with E-state index >= 15 is 0 Å². The van der Waals surface area contributed by atoms with Gasteiger partial charge in [0.05, 0.1) is 30.8 Å². The SMILES string of the molecule is COc1ccc(OCCS(=O)CC(=O)N2c3ccccc3NC(=O)C2(C)C)cc1. The third-order valence-corrected chi connectivity index (χ3v) is 5.87. The summed E-state index contributed by atoms with van der Waals surface area (Å²) in [4.78, 5) is 26.8. The molecule has 1 heterocycles. The average molecular weight is 416 g/mol. The molecular formula is C21H24N2O5S. The lowest BCUT2D eigenvalue weighted by Gasteiger charge is -2.42. The summed E-state index contributed by atoms with van der Waals surface area (Å²) in [6.45, 7) is 3.56. The van der Waals surface area contributed by atoms with Crippen molar-refractivity contribution in [3.63, 3.8) is 0 Å². The van der Waals surface area contributed by atoms with E-state index in [0.29, 0.717) is 17.1 Å². The molecule has 8 heteroatoms. The van der Waals surface area contributed by atoms with E-state index in [1.54, 1.807) is 69.5 Å². The van der Waals surface area contributed by atoms with Gasteiger partial charge in [-0.25, -0.2) is 0 Å². The van der Waals surface area contributed by atoms with Crippen molar-refractivity contribution in [3.05, 3.63) is 48.5 Å². The first-order valence-corrected chi connectivity index (χ1v) is 10.7. The van der Waals surface area contributed by atoms with Crippen LogP contribution in [0.3, 0.4) is 0 Å². The summed E-state index contributed by atoms with van der Waals surface area (Å²) in [5.74, 6) is 0.742. The van der Waals surface area contributed by atoms with E-state index in [9.17, 15) is 13.8 Å². The molecule has 2 aromatic rings. The summed E-state index contributed by atoms with van der Waals surface area (Å²) in [6, 6.07) is 14.2. The molecule has 3 rings (SSSR count). The highest BCUT2D eigenvalue weighted by molar-refractivity contribution is 7.85. The number of methoxy groups -OCH3 is 1. The van der Waals surface area contributed by atoms with Crippen LogP contribution >= 0.6 is 0 Å². The van der Waals surface area contributed by atoms with Crippen molar-refractivity contribution in [2.45, 2.75) is 19.4 Å². The van der Waals surface area contributed by atoms with E-state index in [4.69, 9.17) is 9.47 Å². The second kappa shape index (κ2) is 8.65. The van der Waals surface area contributed by atoms with E-state index < -0.39 is 16.3 Å². The van der Waals surface area contributed by atoms with Gasteiger partial charge in [-0.05, 0) is 50.2 Å². The number of hydrogen-bond donors (Lipinski definition) is 1. The van der Waals surface area contributed by atoms with E-state index in [0.717, 1.165) is 5.75 Å². The molecule has 2 amide bonds. The van der Waals surface area contributed by atoms with Crippen LogP contribution in [0.1, 0.15) is 13.8 Å². The Balaban J connectivity index is 1.61. The molecule has 1 N–H and O–H groups in total. The molecule has 2 aromatic carbocycles. The molecule has 1 unspecified atom stereocenters. The lowest BCUT2D eigenvalue weighted by atomic mass is 9.96. The Hall–Kier alpha value is -2.87. The monoisotopic (exact) mass is 416 g/mol. The first-order valence-electron chi connectivity index (χ1n) is 9.18. The zero-order valence-corrected chi connectivity index (χ0v) is 17.5. The minimum Gasteiger partial charge on any atom is -0.497 e. The van der Waals surface area contributed by atoms with Crippen LogP contribution < -0.4 is 19.7 Å². The molecule has 1 aliphatic rings. The molecule has 0 saturated carbocycles. The Kier molecular flexibility index (Phi) is 6.22. The summed E-state index contributed by atoms with van der Waals surface area (Å²) < 4.78 is 23.1. The summed E-state index contributed by atoms with van der Waals surface area (Å²) in [7, 11) is 0.160. The summed E-state index contributed by atoms with van der Waals surface area (Å²) in [6.07, 6.45) is 0. The number of fused-ring (bicyclic) bond motifs is 1. The number of rotatable bonds is 7. The molecule has 0 radical (unpaired) electrons. The Morgan fingerprint density at radius 1 is 1.10 bits per heavy atom. The lowest BCUT2D eigenvalue weighted by molar-refractivity contribution is -0.125. The zero-order chi connectivity index (χ0) is 21.0. The van der Waals surface area contributed by atoms with E-state index in [1.165, 1.54) is 4.90 Å². The zero-order valence-electron chi connectivity index (χ0n) is 16.6. The molecular weight excluding hydrogens is 392 g/mol. The first kappa shape index (κ1) is 20.9. The largest absolute Gasteiger partial charge is 0.497 e. The number of nitrogens with zero attached hydrogens (tertiary/aromatic N) is 1. The fourth-order valence-corrected chi connectivity index (χ4v) is 3.92. The van der Waals surface area contributed by atoms with Crippen LogP contribution in [0.5, 0.6) is 11.5 Å². The van der Waals surface area contributed by atoms with Crippen molar-refractivity contribution in [2.75, 3.05) is 35.4 Å². The maximum Gasteiger partial charge on any atom is 0.250 e. The number of carbonyl (C=O) groups is 2. The van der Waals surface area contributed by atoms with E-state index in [1.807, 2.05) is 0 Å². The van der Waals surface area contributed by atoms with Crippen molar-refractivity contribution in [1.29, 1.82) is 0 Å². The standard InChI is InChI=1S/C21H24N2O5S/c1-21(2)20(25)22-17-6-4-5-7-18(17)23(21)19(24)14-29(26)13-12-28-16-10-8-15(27-3)9-11-16/h4-11H,12-14H2,1-3H3,(H,22,25). The summed E-state index contributed by atoms with van der Waals surface area (Å²) in [5, 5.41) is 2.81. The highest BCUT2D eigenvalue weighted by atomic mass is 32.2. The van der Waals surface area contributed by atoms with Crippen molar-refractivity contribution in [2.24, 2.45) is 0 Å². The first-order chi connectivity index (χ1) is 13.8. The number of nitrogens with one attached hydrogen (secondary N) is 1. The Morgan fingerprint density at radius 2 is 1.76 bits per heavy atom. The second-order valence-corrected chi connectivity index (χ2v) is 8.65. The third kappa shape index (κ3) is 4.59. The predicted molar refractivity (Wildman–Crippen MR) is 113 cm³/mol. The van der Waals surface area contributed by atoms with Crippen molar-refractivity contribution in [3.8, 4) is 11.5 Å². The lowest BCUT2D eigenvalue weighted by Crippen LogP contribution is -2.59. The number of hydrogen-bond acceptors (Lipinski definition) is 5. The molecule has 0 fully saturated rings. The second-order valence-electron chi connectivity index (χ2n) is 7.07. The number of para-hydroxylation sites is 2. The van der Waals surface area contributed by atoms with Crippen LogP contribution in [0.15, 0.2) is 48.5 Å². The summed E-state index contributed by atoms with van der Waals surface area (Å²) in [5.41, 5.74) is 0.0993. The highest BCUT2D eigenvalue weighted by Gasteiger charge is 2.43. The smallest absolute Gasteiger partial charge is 0.250 e. The van der Waals surface area contributed by atoms with Crippen molar-refractivity contribution in [1.82, 2.24) is 0 Å².